The van der Waals surface area contributed by atoms with Crippen molar-refractivity contribution in [2.45, 2.75) is 31.8 Å². The lowest BCUT2D eigenvalue weighted by Gasteiger charge is -2.23. The van der Waals surface area contributed by atoms with Gasteiger partial charge >= 0.3 is 5.97 Å². The molecule has 0 bridgehead atoms. The first kappa shape index (κ1) is 15.2. The number of benzene rings is 1. The van der Waals surface area contributed by atoms with Crippen LogP contribution in [0.25, 0.3) is 0 Å². The van der Waals surface area contributed by atoms with Crippen LogP contribution in [0.2, 0.25) is 0 Å². The number of carbonyl (C=O) groups is 1. The van der Waals surface area contributed by atoms with Gasteiger partial charge in [-0.1, -0.05) is 0 Å². The summed E-state index contributed by atoms with van der Waals surface area (Å²) in [4.78, 5) is 23.4. The van der Waals surface area contributed by atoms with Crippen molar-refractivity contribution in [1.82, 2.24) is 4.90 Å². The zero-order valence-corrected chi connectivity index (χ0v) is 11.8. The summed E-state index contributed by atoms with van der Waals surface area (Å²) >= 11 is 0. The first-order valence-corrected chi connectivity index (χ1v) is 6.78. The van der Waals surface area contributed by atoms with E-state index < -0.39 is 10.9 Å². The van der Waals surface area contributed by atoms with E-state index >= 15 is 0 Å². The molecule has 0 radical (unpaired) electrons. The molecule has 7 heteroatoms. The predicted octanol–water partition coefficient (Wildman–Crippen LogP) is 2.04. The van der Waals surface area contributed by atoms with E-state index in [2.05, 4.69) is 4.90 Å². The van der Waals surface area contributed by atoms with E-state index in [1.54, 1.807) is 6.07 Å². The molecule has 2 rings (SSSR count). The van der Waals surface area contributed by atoms with Gasteiger partial charge in [0.1, 0.15) is 5.75 Å². The molecule has 1 aliphatic rings. The van der Waals surface area contributed by atoms with Crippen LogP contribution in [0.4, 0.5) is 5.69 Å². The summed E-state index contributed by atoms with van der Waals surface area (Å²) in [6.45, 7) is 1.30. The van der Waals surface area contributed by atoms with Crippen LogP contribution in [0, 0.1) is 10.1 Å². The number of nitrogens with zero attached hydrogens (tertiary/aromatic N) is 2. The van der Waals surface area contributed by atoms with Gasteiger partial charge in [-0.2, -0.15) is 0 Å². The maximum absolute atomic E-state index is 10.9. The second-order valence-electron chi connectivity index (χ2n) is 5.16. The Hall–Kier alpha value is -2.15. The van der Waals surface area contributed by atoms with Crippen molar-refractivity contribution in [3.8, 4) is 5.75 Å². The van der Waals surface area contributed by atoms with Gasteiger partial charge in [-0.05, 0) is 31.0 Å². The highest BCUT2D eigenvalue weighted by Crippen LogP contribution is 2.27. The third-order valence-electron chi connectivity index (χ3n) is 3.69. The van der Waals surface area contributed by atoms with E-state index in [0.29, 0.717) is 12.3 Å². The van der Waals surface area contributed by atoms with Crippen LogP contribution in [0.5, 0.6) is 5.75 Å². The molecule has 1 unspecified atom stereocenters. The van der Waals surface area contributed by atoms with Gasteiger partial charge in [-0.3, -0.25) is 19.8 Å². The summed E-state index contributed by atoms with van der Waals surface area (Å²) in [6.07, 6.45) is 1.90. The fourth-order valence-electron chi connectivity index (χ4n) is 2.73. The van der Waals surface area contributed by atoms with E-state index in [4.69, 9.17) is 9.84 Å². The summed E-state index contributed by atoms with van der Waals surface area (Å²) in [7, 11) is 1.46. The molecule has 1 atom stereocenters. The number of nitro benzene ring substituents is 1. The first-order chi connectivity index (χ1) is 9.99. The summed E-state index contributed by atoms with van der Waals surface area (Å²) in [5, 5.41) is 19.8. The molecule has 0 spiro atoms. The Bertz CT molecular complexity index is 546. The van der Waals surface area contributed by atoms with Crippen molar-refractivity contribution < 1.29 is 19.6 Å². The van der Waals surface area contributed by atoms with Crippen LogP contribution in [0.1, 0.15) is 24.8 Å². The van der Waals surface area contributed by atoms with Gasteiger partial charge < -0.3 is 9.84 Å². The van der Waals surface area contributed by atoms with Gasteiger partial charge in [0, 0.05) is 18.7 Å². The average Bonchev–Trinajstić information content (AvgIpc) is 2.84. The molecule has 1 fully saturated rings. The van der Waals surface area contributed by atoms with Crippen molar-refractivity contribution in [3.05, 3.63) is 33.9 Å². The first-order valence-electron chi connectivity index (χ1n) is 6.78. The molecule has 114 valence electrons. The van der Waals surface area contributed by atoms with Gasteiger partial charge in [0.2, 0.25) is 0 Å². The van der Waals surface area contributed by atoms with Crippen LogP contribution in [0.3, 0.4) is 0 Å². The van der Waals surface area contributed by atoms with Crippen LogP contribution in [-0.4, -0.2) is 40.6 Å². The third-order valence-corrected chi connectivity index (χ3v) is 3.69. The molecule has 7 nitrogen and oxygen atoms in total. The van der Waals surface area contributed by atoms with Crippen molar-refractivity contribution in [2.24, 2.45) is 0 Å². The molecule has 0 amide bonds. The van der Waals surface area contributed by atoms with Gasteiger partial charge in [0.05, 0.1) is 24.5 Å². The molecule has 0 saturated carbocycles. The topological polar surface area (TPSA) is 92.9 Å². The Morgan fingerprint density at radius 3 is 2.90 bits per heavy atom. The third kappa shape index (κ3) is 3.91. The van der Waals surface area contributed by atoms with Gasteiger partial charge in [0.25, 0.3) is 5.69 Å². The van der Waals surface area contributed by atoms with E-state index in [0.717, 1.165) is 24.9 Å². The molecular formula is C14H18N2O5. The minimum atomic E-state index is -0.816. The molecular weight excluding hydrogens is 276 g/mol. The van der Waals surface area contributed by atoms with E-state index in [1.807, 2.05) is 0 Å². The molecule has 1 saturated heterocycles. The molecule has 1 N–H and O–H groups in total. The summed E-state index contributed by atoms with van der Waals surface area (Å²) in [5.41, 5.74) is 0.747. The number of methoxy groups -OCH3 is 1. The van der Waals surface area contributed by atoms with Crippen LogP contribution >= 0.6 is 0 Å². The second-order valence-corrected chi connectivity index (χ2v) is 5.16. The largest absolute Gasteiger partial charge is 0.496 e. The van der Waals surface area contributed by atoms with E-state index in [-0.39, 0.29) is 18.2 Å². The number of likely N-dealkylation sites (tertiary alicyclic amines) is 1. The fourth-order valence-corrected chi connectivity index (χ4v) is 2.73. The SMILES string of the molecule is COc1cc(CN2CCCC2CC(=O)O)cc([N+](=O)[O-])c1. The number of rotatable bonds is 6. The number of carboxylic acid groups (broad SMARTS) is 1. The summed E-state index contributed by atoms with van der Waals surface area (Å²) in [6, 6.07) is 4.64. The van der Waals surface area contributed by atoms with Crippen LogP contribution in [0.15, 0.2) is 18.2 Å². The molecule has 21 heavy (non-hydrogen) atoms. The van der Waals surface area contributed by atoms with Gasteiger partial charge in [-0.15, -0.1) is 0 Å². The van der Waals surface area contributed by atoms with Gasteiger partial charge in [-0.25, -0.2) is 0 Å². The van der Waals surface area contributed by atoms with Crippen LogP contribution < -0.4 is 4.74 Å². The van der Waals surface area contributed by atoms with Crippen molar-refractivity contribution in [2.75, 3.05) is 13.7 Å². The number of aliphatic carboxylic acids is 1. The van der Waals surface area contributed by atoms with Crippen molar-refractivity contribution >= 4 is 11.7 Å². The number of nitro groups is 1. The normalized spacial score (nSPS) is 18.6. The Labute approximate surface area is 122 Å². The number of carboxylic acids is 1. The molecule has 1 aromatic carbocycles. The van der Waals surface area contributed by atoms with Crippen molar-refractivity contribution in [3.63, 3.8) is 0 Å². The molecule has 1 aromatic rings. The highest BCUT2D eigenvalue weighted by atomic mass is 16.6. The lowest BCUT2D eigenvalue weighted by atomic mass is 10.1. The van der Waals surface area contributed by atoms with Crippen LogP contribution in [-0.2, 0) is 11.3 Å². The Kier molecular flexibility index (Phi) is 4.74. The highest BCUT2D eigenvalue weighted by Gasteiger charge is 2.27. The lowest BCUT2D eigenvalue weighted by molar-refractivity contribution is -0.385. The maximum atomic E-state index is 10.9. The lowest BCUT2D eigenvalue weighted by Crippen LogP contribution is -2.30. The molecule has 0 aliphatic carbocycles. The number of ether oxygens (including phenoxy) is 1. The zero-order chi connectivity index (χ0) is 15.4. The second kappa shape index (κ2) is 6.53. The van der Waals surface area contributed by atoms with Gasteiger partial charge in [0.15, 0.2) is 0 Å². The molecule has 1 heterocycles. The molecule has 0 aromatic heterocycles. The average molecular weight is 294 g/mol. The molecule has 1 aliphatic heterocycles. The number of hydrogen-bond acceptors (Lipinski definition) is 5. The minimum Gasteiger partial charge on any atom is -0.496 e. The number of non-ortho nitro benzene ring substituents is 1. The highest BCUT2D eigenvalue weighted by molar-refractivity contribution is 5.67. The van der Waals surface area contributed by atoms with E-state index in [1.165, 1.54) is 19.2 Å². The Balaban J connectivity index is 2.16. The predicted molar refractivity (Wildman–Crippen MR) is 75.3 cm³/mol. The van der Waals surface area contributed by atoms with Crippen molar-refractivity contribution in [1.29, 1.82) is 0 Å². The Morgan fingerprint density at radius 2 is 2.29 bits per heavy atom. The maximum Gasteiger partial charge on any atom is 0.304 e. The smallest absolute Gasteiger partial charge is 0.304 e. The minimum absolute atomic E-state index is 0.00671. The standard InChI is InChI=1S/C14H18N2O5/c1-21-13-6-10(5-12(7-13)16(19)20)9-15-4-2-3-11(15)8-14(17)18/h5-7,11H,2-4,8-9H2,1H3,(H,17,18). The fraction of sp³-hybridized carbons (Fsp3) is 0.500. The van der Waals surface area contributed by atoms with E-state index in [9.17, 15) is 14.9 Å². The summed E-state index contributed by atoms with van der Waals surface area (Å²) in [5.74, 6) is -0.378. The summed E-state index contributed by atoms with van der Waals surface area (Å²) < 4.78 is 5.08. The quantitative estimate of drug-likeness (QED) is 0.637. The number of hydrogen-bond donors (Lipinski definition) is 1. The monoisotopic (exact) mass is 294 g/mol. The zero-order valence-electron chi connectivity index (χ0n) is 11.8. The Morgan fingerprint density at radius 1 is 1.52 bits per heavy atom.